The smallest absolute Gasteiger partial charge is 0.309 e. The summed E-state index contributed by atoms with van der Waals surface area (Å²) >= 11 is 0. The van der Waals surface area contributed by atoms with Crippen LogP contribution in [0.15, 0.2) is 5.10 Å². The highest BCUT2D eigenvalue weighted by molar-refractivity contribution is 5.96. The van der Waals surface area contributed by atoms with Gasteiger partial charge >= 0.3 is 5.97 Å². The summed E-state index contributed by atoms with van der Waals surface area (Å²) in [5.74, 6) is -0.838. The quantitative estimate of drug-likeness (QED) is 0.638. The van der Waals surface area contributed by atoms with Gasteiger partial charge in [0.25, 0.3) is 0 Å². The Bertz CT molecular complexity index is 209. The van der Waals surface area contributed by atoms with E-state index in [-0.39, 0.29) is 6.42 Å². The van der Waals surface area contributed by atoms with E-state index in [4.69, 9.17) is 9.84 Å². The van der Waals surface area contributed by atoms with Crippen LogP contribution in [-0.2, 0) is 9.53 Å². The highest BCUT2D eigenvalue weighted by Crippen LogP contribution is 1.99. The Kier molecular flexibility index (Phi) is 3.70. The standard InChI is InChI=1S/C8H14N2O3/c1-7(6-8(11)12)9-10-2-4-13-5-3-10/h2-6H2,1H3,(H,11,12). The number of carboxylic acid groups (broad SMARTS) is 1. The highest BCUT2D eigenvalue weighted by atomic mass is 16.5. The van der Waals surface area contributed by atoms with Crippen LogP contribution in [0.5, 0.6) is 0 Å². The van der Waals surface area contributed by atoms with Crippen molar-refractivity contribution in [2.45, 2.75) is 13.3 Å². The molecule has 74 valence electrons. The third kappa shape index (κ3) is 3.89. The molecule has 1 saturated heterocycles. The van der Waals surface area contributed by atoms with Crippen LogP contribution < -0.4 is 0 Å². The zero-order valence-corrected chi connectivity index (χ0v) is 7.69. The monoisotopic (exact) mass is 186 g/mol. The molecule has 1 N–H and O–H groups in total. The number of hydrazone groups is 1. The lowest BCUT2D eigenvalue weighted by Crippen LogP contribution is -2.33. The largest absolute Gasteiger partial charge is 0.481 e. The predicted molar refractivity (Wildman–Crippen MR) is 47.8 cm³/mol. The Morgan fingerprint density at radius 2 is 2.15 bits per heavy atom. The van der Waals surface area contributed by atoms with Gasteiger partial charge in [-0.15, -0.1) is 0 Å². The molecule has 1 aliphatic heterocycles. The van der Waals surface area contributed by atoms with Crippen LogP contribution in [0, 0.1) is 0 Å². The fraction of sp³-hybridized carbons (Fsp3) is 0.750. The van der Waals surface area contributed by atoms with Crippen molar-refractivity contribution < 1.29 is 14.6 Å². The number of hydrogen-bond acceptors (Lipinski definition) is 4. The molecule has 0 spiro atoms. The number of aliphatic carboxylic acids is 1. The van der Waals surface area contributed by atoms with Gasteiger partial charge in [-0.3, -0.25) is 9.80 Å². The number of carbonyl (C=O) groups is 1. The molecule has 0 radical (unpaired) electrons. The van der Waals surface area contributed by atoms with Gasteiger partial charge in [-0.1, -0.05) is 0 Å². The predicted octanol–water partition coefficient (Wildman–Crippen LogP) is 0.169. The van der Waals surface area contributed by atoms with E-state index in [1.165, 1.54) is 0 Å². The number of hydrogen-bond donors (Lipinski definition) is 1. The molecular formula is C8H14N2O3. The summed E-state index contributed by atoms with van der Waals surface area (Å²) < 4.78 is 5.14. The third-order valence-corrected chi connectivity index (χ3v) is 1.71. The lowest BCUT2D eigenvalue weighted by molar-refractivity contribution is -0.135. The fourth-order valence-corrected chi connectivity index (χ4v) is 1.15. The fourth-order valence-electron chi connectivity index (χ4n) is 1.15. The van der Waals surface area contributed by atoms with E-state index in [9.17, 15) is 4.79 Å². The van der Waals surface area contributed by atoms with Crippen LogP contribution >= 0.6 is 0 Å². The lowest BCUT2D eigenvalue weighted by Gasteiger charge is -2.24. The minimum atomic E-state index is -0.838. The molecule has 0 unspecified atom stereocenters. The van der Waals surface area contributed by atoms with Crippen molar-refractivity contribution in [3.05, 3.63) is 0 Å². The number of nitrogens with zero attached hydrogens (tertiary/aromatic N) is 2. The Balaban J connectivity index is 2.38. The van der Waals surface area contributed by atoms with Crippen molar-refractivity contribution in [1.29, 1.82) is 0 Å². The molecule has 5 nitrogen and oxygen atoms in total. The van der Waals surface area contributed by atoms with Gasteiger partial charge in [-0.25, -0.2) is 0 Å². The average Bonchev–Trinajstić information content (AvgIpc) is 2.04. The first-order valence-electron chi connectivity index (χ1n) is 4.27. The SMILES string of the molecule is CC(CC(=O)O)=NN1CCOCC1. The van der Waals surface area contributed by atoms with Gasteiger partial charge in [-0.2, -0.15) is 5.10 Å². The molecular weight excluding hydrogens is 172 g/mol. The van der Waals surface area contributed by atoms with Gasteiger partial charge in [0.2, 0.25) is 0 Å². The Hall–Kier alpha value is -1.10. The molecule has 1 heterocycles. The van der Waals surface area contributed by atoms with E-state index in [1.807, 2.05) is 5.01 Å². The first kappa shape index (κ1) is 9.98. The zero-order chi connectivity index (χ0) is 9.68. The first-order valence-corrected chi connectivity index (χ1v) is 4.27. The second-order valence-corrected chi connectivity index (χ2v) is 2.97. The molecule has 1 fully saturated rings. The van der Waals surface area contributed by atoms with Crippen LogP contribution in [0.3, 0.4) is 0 Å². The minimum Gasteiger partial charge on any atom is -0.481 e. The van der Waals surface area contributed by atoms with E-state index < -0.39 is 5.97 Å². The molecule has 0 bridgehead atoms. The van der Waals surface area contributed by atoms with Crippen LogP contribution in [0.4, 0.5) is 0 Å². The van der Waals surface area contributed by atoms with E-state index >= 15 is 0 Å². The van der Waals surface area contributed by atoms with Crippen LogP contribution in [0.1, 0.15) is 13.3 Å². The summed E-state index contributed by atoms with van der Waals surface area (Å²) in [4.78, 5) is 10.3. The molecule has 0 aromatic rings. The minimum absolute atomic E-state index is 0.0113. The molecule has 13 heavy (non-hydrogen) atoms. The Morgan fingerprint density at radius 3 is 2.69 bits per heavy atom. The second-order valence-electron chi connectivity index (χ2n) is 2.97. The summed E-state index contributed by atoms with van der Waals surface area (Å²) in [5.41, 5.74) is 0.634. The number of rotatable bonds is 3. The molecule has 0 saturated carbocycles. The maximum Gasteiger partial charge on any atom is 0.309 e. The van der Waals surface area contributed by atoms with E-state index in [0.29, 0.717) is 18.9 Å². The van der Waals surface area contributed by atoms with Crippen molar-refractivity contribution in [3.63, 3.8) is 0 Å². The van der Waals surface area contributed by atoms with E-state index in [0.717, 1.165) is 13.1 Å². The molecule has 1 rings (SSSR count). The summed E-state index contributed by atoms with van der Waals surface area (Å²) in [6, 6.07) is 0. The van der Waals surface area contributed by atoms with E-state index in [1.54, 1.807) is 6.92 Å². The molecule has 0 amide bonds. The lowest BCUT2D eigenvalue weighted by atomic mass is 10.3. The Morgan fingerprint density at radius 1 is 1.54 bits per heavy atom. The molecule has 5 heteroatoms. The maximum atomic E-state index is 10.3. The van der Waals surface area contributed by atoms with Crippen LogP contribution in [0.25, 0.3) is 0 Å². The Labute approximate surface area is 77.0 Å². The topological polar surface area (TPSA) is 62.1 Å². The van der Waals surface area contributed by atoms with Gasteiger partial charge in [0.15, 0.2) is 0 Å². The number of carboxylic acids is 1. The molecule has 0 aliphatic carbocycles. The van der Waals surface area contributed by atoms with Crippen molar-refractivity contribution in [1.82, 2.24) is 5.01 Å². The summed E-state index contributed by atoms with van der Waals surface area (Å²) in [5, 5.41) is 14.5. The molecule has 0 aromatic carbocycles. The second kappa shape index (κ2) is 4.81. The molecule has 0 atom stereocenters. The van der Waals surface area contributed by atoms with E-state index in [2.05, 4.69) is 5.10 Å². The highest BCUT2D eigenvalue weighted by Gasteiger charge is 2.08. The summed E-state index contributed by atoms with van der Waals surface area (Å²) in [6.45, 7) is 4.56. The zero-order valence-electron chi connectivity index (χ0n) is 7.69. The summed E-state index contributed by atoms with van der Waals surface area (Å²) in [7, 11) is 0. The van der Waals surface area contributed by atoms with Crippen molar-refractivity contribution >= 4 is 11.7 Å². The normalized spacial score (nSPS) is 18.8. The van der Waals surface area contributed by atoms with Gasteiger partial charge in [0, 0.05) is 5.71 Å². The van der Waals surface area contributed by atoms with Crippen molar-refractivity contribution in [2.24, 2.45) is 5.10 Å². The maximum absolute atomic E-state index is 10.3. The number of ether oxygens (including phenoxy) is 1. The first-order chi connectivity index (χ1) is 6.18. The van der Waals surface area contributed by atoms with Gasteiger partial charge < -0.3 is 9.84 Å². The van der Waals surface area contributed by atoms with Gasteiger partial charge in [-0.05, 0) is 6.92 Å². The van der Waals surface area contributed by atoms with Gasteiger partial charge in [0.05, 0.1) is 32.7 Å². The third-order valence-electron chi connectivity index (χ3n) is 1.71. The van der Waals surface area contributed by atoms with Crippen LogP contribution in [0.2, 0.25) is 0 Å². The number of morpholine rings is 1. The van der Waals surface area contributed by atoms with Crippen molar-refractivity contribution in [2.75, 3.05) is 26.3 Å². The molecule has 0 aromatic heterocycles. The van der Waals surface area contributed by atoms with Gasteiger partial charge in [0.1, 0.15) is 0 Å². The summed E-state index contributed by atoms with van der Waals surface area (Å²) in [6.07, 6.45) is 0.0113. The molecule has 1 aliphatic rings. The average molecular weight is 186 g/mol. The van der Waals surface area contributed by atoms with Crippen molar-refractivity contribution in [3.8, 4) is 0 Å². The van der Waals surface area contributed by atoms with Crippen LogP contribution in [-0.4, -0.2) is 48.1 Å².